The predicted octanol–water partition coefficient (Wildman–Crippen LogP) is 6.77. The number of anilines is 2. The lowest BCUT2D eigenvalue weighted by Crippen LogP contribution is -2.40. The highest BCUT2D eigenvalue weighted by molar-refractivity contribution is 5.81. The van der Waals surface area contributed by atoms with Gasteiger partial charge >= 0.3 is 6.09 Å². The van der Waals surface area contributed by atoms with Crippen molar-refractivity contribution >= 4 is 17.5 Å². The number of halogens is 2. The minimum Gasteiger partial charge on any atom is -0.444 e. The first kappa shape index (κ1) is 29.6. The number of fused-ring (bicyclic) bond motifs is 2. The number of ether oxygens (including phenoxy) is 1. The molecule has 2 aliphatic rings. The molecule has 2 aliphatic heterocycles. The van der Waals surface area contributed by atoms with Gasteiger partial charge in [0.05, 0.1) is 12.7 Å². The van der Waals surface area contributed by atoms with Gasteiger partial charge in [0.15, 0.2) is 0 Å². The average Bonchev–Trinajstić information content (AvgIpc) is 3.41. The molecule has 0 unspecified atom stereocenters. The minimum atomic E-state index is -2.68. The molecule has 0 aliphatic carbocycles. The van der Waals surface area contributed by atoms with Crippen molar-refractivity contribution < 1.29 is 18.3 Å². The number of carbonyl (C=O) groups is 1. The largest absolute Gasteiger partial charge is 0.444 e. The first-order valence-electron chi connectivity index (χ1n) is 14.9. The molecule has 4 heterocycles. The van der Waals surface area contributed by atoms with Crippen molar-refractivity contribution in [3.63, 3.8) is 0 Å². The summed E-state index contributed by atoms with van der Waals surface area (Å²) >= 11 is 0. The molecule has 2 aromatic carbocycles. The number of pyridine rings is 1. The lowest BCUT2D eigenvalue weighted by Gasteiger charge is -2.38. The van der Waals surface area contributed by atoms with E-state index in [9.17, 15) is 18.4 Å². The Balaban J connectivity index is 1.50. The third-order valence-electron chi connectivity index (χ3n) is 8.32. The zero-order valence-electron chi connectivity index (χ0n) is 25.7. The molecule has 0 N–H and O–H groups in total. The van der Waals surface area contributed by atoms with Crippen LogP contribution in [0.25, 0.3) is 22.3 Å². The molecule has 10 heteroatoms. The molecule has 0 saturated heterocycles. The van der Waals surface area contributed by atoms with Gasteiger partial charge in [0.1, 0.15) is 5.60 Å². The van der Waals surface area contributed by atoms with E-state index in [2.05, 4.69) is 16.1 Å². The lowest BCUT2D eigenvalue weighted by atomic mass is 9.89. The Hall–Kier alpha value is -4.47. The van der Waals surface area contributed by atoms with Gasteiger partial charge in [-0.1, -0.05) is 6.07 Å². The molecular formula is C34H37F2N5O3. The van der Waals surface area contributed by atoms with Crippen LogP contribution in [0.4, 0.5) is 25.0 Å². The van der Waals surface area contributed by atoms with Gasteiger partial charge in [-0.15, -0.1) is 0 Å². The predicted molar refractivity (Wildman–Crippen MR) is 166 cm³/mol. The number of amides is 1. The van der Waals surface area contributed by atoms with Crippen LogP contribution >= 0.6 is 0 Å². The van der Waals surface area contributed by atoms with E-state index < -0.39 is 12.0 Å². The normalized spacial score (nSPS) is 14.9. The van der Waals surface area contributed by atoms with Crippen LogP contribution in [-0.2, 0) is 38.2 Å². The van der Waals surface area contributed by atoms with Gasteiger partial charge in [0, 0.05) is 68.1 Å². The van der Waals surface area contributed by atoms with E-state index >= 15 is 0 Å². The summed E-state index contributed by atoms with van der Waals surface area (Å²) < 4.78 is 38.0. The molecule has 0 spiro atoms. The highest BCUT2D eigenvalue weighted by Crippen LogP contribution is 2.44. The zero-order valence-corrected chi connectivity index (χ0v) is 25.7. The van der Waals surface area contributed by atoms with E-state index in [4.69, 9.17) is 4.74 Å². The average molecular weight is 602 g/mol. The molecule has 8 nitrogen and oxygen atoms in total. The Bertz CT molecular complexity index is 1800. The van der Waals surface area contributed by atoms with Crippen LogP contribution in [0, 0.1) is 0 Å². The summed E-state index contributed by atoms with van der Waals surface area (Å²) in [6.07, 6.45) is 4.23. The molecule has 6 rings (SSSR count). The second-order valence-electron chi connectivity index (χ2n) is 12.7. The van der Waals surface area contributed by atoms with E-state index in [0.29, 0.717) is 37.2 Å². The van der Waals surface area contributed by atoms with Gasteiger partial charge in [0.25, 0.3) is 12.0 Å². The van der Waals surface area contributed by atoms with Gasteiger partial charge in [-0.25, -0.2) is 13.6 Å². The maximum Gasteiger partial charge on any atom is 0.410 e. The van der Waals surface area contributed by atoms with Gasteiger partial charge in [-0.3, -0.25) is 9.48 Å². The Labute approximate surface area is 255 Å². The van der Waals surface area contributed by atoms with E-state index in [-0.39, 0.29) is 17.2 Å². The Morgan fingerprint density at radius 2 is 1.75 bits per heavy atom. The van der Waals surface area contributed by atoms with Gasteiger partial charge in [0.2, 0.25) is 0 Å². The molecular weight excluding hydrogens is 564 g/mol. The third-order valence-corrected chi connectivity index (χ3v) is 8.32. The number of aromatic nitrogens is 3. The molecule has 0 atom stereocenters. The first-order valence-corrected chi connectivity index (χ1v) is 14.9. The number of hydrogen-bond acceptors (Lipinski definition) is 5. The molecule has 0 fully saturated rings. The molecule has 0 saturated carbocycles. The Morgan fingerprint density at radius 1 is 0.955 bits per heavy atom. The second-order valence-corrected chi connectivity index (χ2v) is 12.7. The fourth-order valence-corrected chi connectivity index (χ4v) is 6.15. The number of hydrogen-bond donors (Lipinski definition) is 0. The fraction of sp³-hybridized carbons (Fsp3) is 0.382. The molecule has 1 amide bonds. The van der Waals surface area contributed by atoms with Crippen molar-refractivity contribution in [1.29, 1.82) is 0 Å². The quantitative estimate of drug-likeness (QED) is 0.258. The van der Waals surface area contributed by atoms with Gasteiger partial charge in [-0.05, 0) is 97.7 Å². The summed E-state index contributed by atoms with van der Waals surface area (Å²) in [5, 5.41) is 4.20. The van der Waals surface area contributed by atoms with Crippen LogP contribution < -0.4 is 10.5 Å². The van der Waals surface area contributed by atoms with E-state index in [0.717, 1.165) is 52.0 Å². The molecule has 0 bridgehead atoms. The van der Waals surface area contributed by atoms with Crippen LogP contribution in [0.15, 0.2) is 59.8 Å². The fourth-order valence-electron chi connectivity index (χ4n) is 6.15. The summed E-state index contributed by atoms with van der Waals surface area (Å²) in [5.74, 6) is 0. The number of aryl methyl sites for hydroxylation is 3. The van der Waals surface area contributed by atoms with Crippen LogP contribution in [0.5, 0.6) is 0 Å². The molecule has 230 valence electrons. The summed E-state index contributed by atoms with van der Waals surface area (Å²) in [6, 6.07) is 11.1. The topological polar surface area (TPSA) is 72.6 Å². The number of alkyl halides is 2. The van der Waals surface area contributed by atoms with E-state index in [1.165, 1.54) is 4.57 Å². The minimum absolute atomic E-state index is 0.0457. The standard InChI is InChI=1S/C34H37F2N5O3/c1-34(2,3)44-33(43)40-12-9-22-13-24(21-8-11-38(4)31(42)16-21)15-30(28(22)20-40)41-10-6-7-23-14-26(25-18-37-39(5)19-25)27(32(35)36)17-29(23)41/h8,11,13-19,32H,6-7,9-10,12,20H2,1-5H3. The van der Waals surface area contributed by atoms with Crippen molar-refractivity contribution in [2.45, 2.75) is 58.6 Å². The first-order chi connectivity index (χ1) is 20.9. The van der Waals surface area contributed by atoms with Crippen LogP contribution in [0.1, 0.15) is 55.9 Å². The highest BCUT2D eigenvalue weighted by atomic mass is 19.3. The molecule has 0 radical (unpaired) electrons. The lowest BCUT2D eigenvalue weighted by molar-refractivity contribution is 0.0224. The Kier molecular flexibility index (Phi) is 7.55. The number of rotatable bonds is 4. The van der Waals surface area contributed by atoms with Crippen molar-refractivity contribution in [2.24, 2.45) is 14.1 Å². The van der Waals surface area contributed by atoms with Crippen LogP contribution in [-0.4, -0.2) is 44.0 Å². The van der Waals surface area contributed by atoms with Gasteiger partial charge in [-0.2, -0.15) is 5.10 Å². The summed E-state index contributed by atoms with van der Waals surface area (Å²) in [6.45, 7) is 6.97. The maximum atomic E-state index is 14.6. The molecule has 2 aromatic heterocycles. The number of nitrogens with zero attached hydrogens (tertiary/aromatic N) is 5. The summed E-state index contributed by atoms with van der Waals surface area (Å²) in [7, 11) is 3.48. The Morgan fingerprint density at radius 3 is 2.43 bits per heavy atom. The van der Waals surface area contributed by atoms with Crippen molar-refractivity contribution in [3.05, 3.63) is 87.6 Å². The maximum absolute atomic E-state index is 14.6. The summed E-state index contributed by atoms with van der Waals surface area (Å²) in [5.41, 5.74) is 6.57. The van der Waals surface area contributed by atoms with Crippen molar-refractivity contribution in [2.75, 3.05) is 18.0 Å². The highest BCUT2D eigenvalue weighted by Gasteiger charge is 2.31. The van der Waals surface area contributed by atoms with Crippen LogP contribution in [0.2, 0.25) is 0 Å². The van der Waals surface area contributed by atoms with E-state index in [1.807, 2.05) is 39.0 Å². The monoisotopic (exact) mass is 601 g/mol. The van der Waals surface area contributed by atoms with Crippen molar-refractivity contribution in [1.82, 2.24) is 19.2 Å². The van der Waals surface area contributed by atoms with Gasteiger partial charge < -0.3 is 19.1 Å². The number of carbonyl (C=O) groups excluding carboxylic acids is 1. The van der Waals surface area contributed by atoms with Crippen molar-refractivity contribution in [3.8, 4) is 22.3 Å². The summed E-state index contributed by atoms with van der Waals surface area (Å²) in [4.78, 5) is 29.5. The zero-order chi connectivity index (χ0) is 31.3. The van der Waals surface area contributed by atoms with Crippen LogP contribution in [0.3, 0.4) is 0 Å². The SMILES string of the molecule is Cn1cc(-c2cc3c(cc2C(F)F)N(c2cc(-c4ccn(C)c(=O)c4)cc4c2CN(C(=O)OC(C)(C)C)CC4)CCC3)cn1. The molecule has 4 aromatic rings. The third kappa shape index (κ3) is 5.73. The smallest absolute Gasteiger partial charge is 0.410 e. The van der Waals surface area contributed by atoms with E-state index in [1.54, 1.807) is 54.4 Å². The number of benzene rings is 2. The second kappa shape index (κ2) is 11.2. The molecule has 44 heavy (non-hydrogen) atoms.